The van der Waals surface area contributed by atoms with Crippen molar-refractivity contribution >= 4 is 44.6 Å². The smallest absolute Gasteiger partial charge is 0.263 e. The van der Waals surface area contributed by atoms with Gasteiger partial charge >= 0.3 is 0 Å². The summed E-state index contributed by atoms with van der Waals surface area (Å²) in [5.41, 5.74) is 6.55. The second kappa shape index (κ2) is 5.83. The van der Waals surface area contributed by atoms with Gasteiger partial charge in [0.15, 0.2) is 0 Å². The van der Waals surface area contributed by atoms with Crippen LogP contribution in [0.2, 0.25) is 5.02 Å². The van der Waals surface area contributed by atoms with Crippen LogP contribution in [0.5, 0.6) is 0 Å². The van der Waals surface area contributed by atoms with Crippen molar-refractivity contribution in [2.24, 2.45) is 5.92 Å². The van der Waals surface area contributed by atoms with Crippen LogP contribution in [0.25, 0.3) is 10.1 Å². The highest BCUT2D eigenvalue weighted by Gasteiger charge is 2.26. The molecule has 0 radical (unpaired) electrons. The van der Waals surface area contributed by atoms with Crippen LogP contribution in [0.4, 0.5) is 5.69 Å². The number of fused-ring (bicyclic) bond motifs is 1. The molecule has 1 amide bonds. The van der Waals surface area contributed by atoms with Crippen molar-refractivity contribution in [2.75, 3.05) is 12.3 Å². The van der Waals surface area contributed by atoms with Crippen LogP contribution in [0.15, 0.2) is 18.2 Å². The molecule has 0 spiro atoms. The van der Waals surface area contributed by atoms with Gasteiger partial charge in [-0.25, -0.2) is 0 Å². The van der Waals surface area contributed by atoms with E-state index in [4.69, 9.17) is 17.3 Å². The first-order valence-electron chi connectivity index (χ1n) is 7.00. The van der Waals surface area contributed by atoms with E-state index in [1.165, 1.54) is 11.3 Å². The van der Waals surface area contributed by atoms with E-state index >= 15 is 0 Å². The molecule has 2 atom stereocenters. The van der Waals surface area contributed by atoms with Crippen LogP contribution in [0, 0.1) is 5.92 Å². The number of amides is 1. The Labute approximate surface area is 131 Å². The minimum atomic E-state index is -0.302. The zero-order valence-corrected chi connectivity index (χ0v) is 13.0. The lowest BCUT2D eigenvalue weighted by atomic mass is 10.1. The monoisotopic (exact) mass is 324 g/mol. The topological polar surface area (TPSA) is 75.4 Å². The number of halogens is 1. The van der Waals surface area contributed by atoms with E-state index in [2.05, 4.69) is 5.32 Å². The number of nitrogens with two attached hydrogens (primary N) is 1. The molecule has 3 rings (SSSR count). The third kappa shape index (κ3) is 2.86. The number of carbonyl (C=O) groups is 1. The zero-order valence-electron chi connectivity index (χ0n) is 11.4. The molecule has 1 aromatic heterocycles. The van der Waals surface area contributed by atoms with E-state index in [1.54, 1.807) is 6.07 Å². The highest BCUT2D eigenvalue weighted by molar-refractivity contribution is 7.21. The standard InChI is InChI=1S/C15H17ClN2O2S/c16-9-4-5-10-12(6-9)21-14(13(10)17)15(20)18-7-8-2-1-3-11(8)19/h4-6,8,11,19H,1-3,7,17H2,(H,18,20). The van der Waals surface area contributed by atoms with Gasteiger partial charge in [-0.15, -0.1) is 11.3 Å². The highest BCUT2D eigenvalue weighted by atomic mass is 35.5. The number of hydrogen-bond acceptors (Lipinski definition) is 4. The molecule has 4 N–H and O–H groups in total. The molecule has 2 aromatic rings. The fraction of sp³-hybridized carbons (Fsp3) is 0.400. The summed E-state index contributed by atoms with van der Waals surface area (Å²) < 4.78 is 0.908. The molecular formula is C15H17ClN2O2S. The maximum atomic E-state index is 12.3. The Morgan fingerprint density at radius 1 is 1.48 bits per heavy atom. The molecule has 2 unspecified atom stereocenters. The Balaban J connectivity index is 1.76. The van der Waals surface area contributed by atoms with Crippen LogP contribution < -0.4 is 11.1 Å². The first kappa shape index (κ1) is 14.6. The summed E-state index contributed by atoms with van der Waals surface area (Å²) in [6.45, 7) is 0.494. The number of thiophene rings is 1. The second-order valence-electron chi connectivity index (χ2n) is 5.45. The van der Waals surface area contributed by atoms with Crippen LogP contribution in [-0.4, -0.2) is 23.7 Å². The van der Waals surface area contributed by atoms with Crippen LogP contribution in [0.3, 0.4) is 0 Å². The Morgan fingerprint density at radius 2 is 2.29 bits per heavy atom. The molecular weight excluding hydrogens is 308 g/mol. The molecule has 0 aliphatic heterocycles. The van der Waals surface area contributed by atoms with E-state index in [9.17, 15) is 9.90 Å². The number of carbonyl (C=O) groups excluding carboxylic acids is 1. The van der Waals surface area contributed by atoms with Crippen molar-refractivity contribution in [3.8, 4) is 0 Å². The molecule has 0 bridgehead atoms. The van der Waals surface area contributed by atoms with E-state index < -0.39 is 0 Å². The quantitative estimate of drug-likeness (QED) is 0.812. The highest BCUT2D eigenvalue weighted by Crippen LogP contribution is 2.35. The number of aliphatic hydroxyl groups is 1. The number of aliphatic hydroxyl groups excluding tert-OH is 1. The Morgan fingerprint density at radius 3 is 3.00 bits per heavy atom. The van der Waals surface area contributed by atoms with Gasteiger partial charge in [0, 0.05) is 27.6 Å². The minimum Gasteiger partial charge on any atom is -0.397 e. The zero-order chi connectivity index (χ0) is 15.0. The predicted molar refractivity (Wildman–Crippen MR) is 86.9 cm³/mol. The molecule has 6 heteroatoms. The SMILES string of the molecule is Nc1c(C(=O)NCC2CCCC2O)sc2cc(Cl)ccc12. The van der Waals surface area contributed by atoms with E-state index in [-0.39, 0.29) is 17.9 Å². The predicted octanol–water partition coefficient (Wildman–Crippen LogP) is 3.03. The minimum absolute atomic E-state index is 0.152. The molecule has 112 valence electrons. The lowest BCUT2D eigenvalue weighted by molar-refractivity contribution is 0.0921. The number of benzene rings is 1. The normalized spacial score (nSPS) is 21.8. The molecule has 1 saturated carbocycles. The first-order valence-corrected chi connectivity index (χ1v) is 8.19. The van der Waals surface area contributed by atoms with Gasteiger partial charge in [-0.2, -0.15) is 0 Å². The van der Waals surface area contributed by atoms with Crippen LogP contribution >= 0.6 is 22.9 Å². The number of rotatable bonds is 3. The summed E-state index contributed by atoms with van der Waals surface area (Å²) in [7, 11) is 0. The van der Waals surface area contributed by atoms with Crippen molar-refractivity contribution < 1.29 is 9.90 Å². The van der Waals surface area contributed by atoms with E-state index in [0.29, 0.717) is 22.1 Å². The van der Waals surface area contributed by atoms with Gasteiger partial charge in [-0.05, 0) is 31.0 Å². The molecule has 1 aliphatic carbocycles. The molecule has 4 nitrogen and oxygen atoms in total. The van der Waals surface area contributed by atoms with Gasteiger partial charge in [-0.1, -0.05) is 18.0 Å². The Kier molecular flexibility index (Phi) is 4.06. The number of nitrogen functional groups attached to an aromatic ring is 1. The Bertz CT molecular complexity index is 686. The maximum Gasteiger partial charge on any atom is 0.263 e. The Hall–Kier alpha value is -1.30. The van der Waals surface area contributed by atoms with Crippen LogP contribution in [0.1, 0.15) is 28.9 Å². The summed E-state index contributed by atoms with van der Waals surface area (Å²) in [5, 5.41) is 14.2. The van der Waals surface area contributed by atoms with Gasteiger partial charge in [-0.3, -0.25) is 4.79 Å². The van der Waals surface area contributed by atoms with Gasteiger partial charge in [0.05, 0.1) is 11.8 Å². The molecule has 1 aliphatic rings. The number of nitrogens with one attached hydrogen (secondary N) is 1. The van der Waals surface area contributed by atoms with Crippen molar-refractivity contribution in [3.05, 3.63) is 28.1 Å². The van der Waals surface area contributed by atoms with Crippen molar-refractivity contribution in [3.63, 3.8) is 0 Å². The van der Waals surface area contributed by atoms with Gasteiger partial charge in [0.25, 0.3) is 5.91 Å². The summed E-state index contributed by atoms with van der Waals surface area (Å²) in [5.74, 6) is -0.0251. The fourth-order valence-electron chi connectivity index (χ4n) is 2.82. The lowest BCUT2D eigenvalue weighted by Crippen LogP contribution is -2.32. The number of anilines is 1. The van der Waals surface area contributed by atoms with E-state index in [1.807, 2.05) is 12.1 Å². The average molecular weight is 325 g/mol. The molecule has 1 aromatic carbocycles. The van der Waals surface area contributed by atoms with Crippen molar-refractivity contribution in [2.45, 2.75) is 25.4 Å². The van der Waals surface area contributed by atoms with Crippen LogP contribution in [-0.2, 0) is 0 Å². The summed E-state index contributed by atoms with van der Waals surface area (Å²) in [6, 6.07) is 5.42. The second-order valence-corrected chi connectivity index (χ2v) is 6.94. The molecule has 21 heavy (non-hydrogen) atoms. The van der Waals surface area contributed by atoms with Gasteiger partial charge < -0.3 is 16.2 Å². The molecule has 0 saturated heterocycles. The molecule has 1 heterocycles. The molecule has 1 fully saturated rings. The van der Waals surface area contributed by atoms with Crippen molar-refractivity contribution in [1.29, 1.82) is 0 Å². The average Bonchev–Trinajstić information content (AvgIpc) is 3.00. The largest absolute Gasteiger partial charge is 0.397 e. The van der Waals surface area contributed by atoms with Gasteiger partial charge in [0.2, 0.25) is 0 Å². The number of hydrogen-bond donors (Lipinski definition) is 3. The maximum absolute atomic E-state index is 12.3. The fourth-order valence-corrected chi connectivity index (χ4v) is 4.13. The van der Waals surface area contributed by atoms with Gasteiger partial charge in [0.1, 0.15) is 4.88 Å². The van der Waals surface area contributed by atoms with E-state index in [0.717, 1.165) is 29.3 Å². The summed E-state index contributed by atoms with van der Waals surface area (Å²) in [6.07, 6.45) is 2.50. The lowest BCUT2D eigenvalue weighted by Gasteiger charge is -2.14. The summed E-state index contributed by atoms with van der Waals surface area (Å²) >= 11 is 7.31. The van der Waals surface area contributed by atoms with Crippen molar-refractivity contribution in [1.82, 2.24) is 5.32 Å². The summed E-state index contributed by atoms with van der Waals surface area (Å²) in [4.78, 5) is 12.8. The first-order chi connectivity index (χ1) is 10.1. The third-order valence-electron chi connectivity index (χ3n) is 4.04. The third-order valence-corrected chi connectivity index (χ3v) is 5.44.